The topological polar surface area (TPSA) is 91.6 Å². The summed E-state index contributed by atoms with van der Waals surface area (Å²) in [6.45, 7) is -0.0449. The Morgan fingerprint density at radius 1 is 1.19 bits per heavy atom. The number of hydrogen-bond acceptors (Lipinski definition) is 6. The fourth-order valence-corrected chi connectivity index (χ4v) is 2.97. The van der Waals surface area contributed by atoms with Crippen LogP contribution in [0.2, 0.25) is 0 Å². The number of nitriles is 1. The van der Waals surface area contributed by atoms with E-state index >= 15 is 0 Å². The Morgan fingerprint density at radius 3 is 2.62 bits per heavy atom. The summed E-state index contributed by atoms with van der Waals surface area (Å²) in [5.41, 5.74) is 1.40. The Balaban J connectivity index is 1.61. The lowest BCUT2D eigenvalue weighted by Crippen LogP contribution is -2.19. The minimum Gasteiger partial charge on any atom is -0.485 e. The first-order valence-electron chi connectivity index (χ1n) is 7.64. The van der Waals surface area contributed by atoms with Crippen molar-refractivity contribution < 1.29 is 14.3 Å². The maximum atomic E-state index is 12.0. The number of Topliss-reactive ketones (excluding diaryl/α,β-unsaturated/α-hetero) is 1. The first-order chi connectivity index (χ1) is 12.7. The minimum atomic E-state index is -0.294. The van der Waals surface area contributed by atoms with E-state index in [1.165, 1.54) is 0 Å². The molecule has 1 aliphatic rings. The van der Waals surface area contributed by atoms with Crippen molar-refractivity contribution in [2.75, 3.05) is 6.61 Å². The monoisotopic (exact) mass is 363 g/mol. The normalized spacial score (nSPS) is 16.3. The molecule has 0 saturated carbocycles. The first kappa shape index (κ1) is 17.5. The molecule has 128 valence electrons. The number of benzene rings is 2. The smallest absolute Gasteiger partial charge is 0.264 e. The SMILES string of the molecule is N#CN=C1NC(=O)C(=Cc2ccc(OCC(=O)c3ccccc3)cc2)S1. The maximum Gasteiger partial charge on any atom is 0.264 e. The van der Waals surface area contributed by atoms with Crippen LogP contribution >= 0.6 is 11.8 Å². The van der Waals surface area contributed by atoms with E-state index in [9.17, 15) is 9.59 Å². The predicted molar refractivity (Wildman–Crippen MR) is 99.5 cm³/mol. The second-order valence-corrected chi connectivity index (χ2v) is 6.26. The van der Waals surface area contributed by atoms with Gasteiger partial charge in [-0.1, -0.05) is 42.5 Å². The fraction of sp³-hybridized carbons (Fsp3) is 0.0526. The fourth-order valence-electron chi connectivity index (χ4n) is 2.19. The number of nitrogens with zero attached hydrogens (tertiary/aromatic N) is 2. The van der Waals surface area contributed by atoms with Gasteiger partial charge < -0.3 is 4.74 Å². The number of hydrogen-bond donors (Lipinski definition) is 1. The van der Waals surface area contributed by atoms with E-state index in [2.05, 4.69) is 10.3 Å². The van der Waals surface area contributed by atoms with Gasteiger partial charge in [0.2, 0.25) is 6.19 Å². The van der Waals surface area contributed by atoms with Crippen molar-refractivity contribution >= 4 is 34.7 Å². The van der Waals surface area contributed by atoms with E-state index < -0.39 is 0 Å². The van der Waals surface area contributed by atoms with Gasteiger partial charge in [0.1, 0.15) is 5.75 Å². The molecule has 1 saturated heterocycles. The number of rotatable bonds is 5. The standard InChI is InChI=1S/C19H13N3O3S/c20-12-21-19-22-18(24)17(26-19)10-13-6-8-15(9-7-13)25-11-16(23)14-4-2-1-3-5-14/h1-10H,11H2,(H,21,22,24). The predicted octanol–water partition coefficient (Wildman–Crippen LogP) is 2.99. The Kier molecular flexibility index (Phi) is 5.46. The second-order valence-electron chi connectivity index (χ2n) is 5.23. The minimum absolute atomic E-state index is 0.0449. The molecule has 0 atom stereocenters. The average molecular weight is 363 g/mol. The van der Waals surface area contributed by atoms with Gasteiger partial charge in [-0.05, 0) is 35.5 Å². The number of amides is 1. The van der Waals surface area contributed by atoms with Crippen molar-refractivity contribution in [1.29, 1.82) is 5.26 Å². The average Bonchev–Trinajstić information content (AvgIpc) is 3.01. The number of aliphatic imine (C=N–C) groups is 1. The number of amidine groups is 1. The number of ketones is 1. The lowest BCUT2D eigenvalue weighted by molar-refractivity contribution is -0.115. The lowest BCUT2D eigenvalue weighted by Gasteiger charge is -2.06. The summed E-state index contributed by atoms with van der Waals surface area (Å²) in [5.74, 6) is 0.171. The van der Waals surface area contributed by atoms with Crippen molar-refractivity contribution in [2.45, 2.75) is 0 Å². The summed E-state index contributed by atoms with van der Waals surface area (Å²) < 4.78 is 5.51. The van der Waals surface area contributed by atoms with Crippen LogP contribution < -0.4 is 10.1 Å². The van der Waals surface area contributed by atoms with Crippen LogP contribution in [0.25, 0.3) is 6.08 Å². The molecule has 26 heavy (non-hydrogen) atoms. The lowest BCUT2D eigenvalue weighted by atomic mass is 10.1. The molecular formula is C19H13N3O3S. The van der Waals surface area contributed by atoms with Crippen LogP contribution in [-0.2, 0) is 4.79 Å². The molecule has 2 aromatic rings. The van der Waals surface area contributed by atoms with E-state index in [-0.39, 0.29) is 23.5 Å². The first-order valence-corrected chi connectivity index (χ1v) is 8.46. The molecule has 3 rings (SSSR count). The van der Waals surface area contributed by atoms with Crippen molar-refractivity contribution in [3.63, 3.8) is 0 Å². The van der Waals surface area contributed by atoms with E-state index in [1.807, 2.05) is 6.07 Å². The molecule has 0 unspecified atom stereocenters. The Morgan fingerprint density at radius 2 is 1.92 bits per heavy atom. The highest BCUT2D eigenvalue weighted by atomic mass is 32.2. The van der Waals surface area contributed by atoms with Gasteiger partial charge in [-0.15, -0.1) is 4.99 Å². The molecule has 0 bridgehead atoms. The molecule has 1 heterocycles. The van der Waals surface area contributed by atoms with Crippen LogP contribution in [0.5, 0.6) is 5.75 Å². The number of carbonyl (C=O) groups excluding carboxylic acids is 2. The summed E-state index contributed by atoms with van der Waals surface area (Å²) in [6, 6.07) is 16.0. The van der Waals surface area contributed by atoms with Gasteiger partial charge in [0.05, 0.1) is 4.91 Å². The Bertz CT molecular complexity index is 929. The highest BCUT2D eigenvalue weighted by molar-refractivity contribution is 8.18. The summed E-state index contributed by atoms with van der Waals surface area (Å²) in [6.07, 6.45) is 3.33. The number of ether oxygens (including phenoxy) is 1. The van der Waals surface area contributed by atoms with Gasteiger partial charge in [-0.3, -0.25) is 14.9 Å². The summed E-state index contributed by atoms with van der Waals surface area (Å²) in [5, 5.41) is 11.3. The molecule has 0 radical (unpaired) electrons. The third-order valence-corrected chi connectivity index (χ3v) is 4.36. The van der Waals surface area contributed by atoms with Gasteiger partial charge in [0.25, 0.3) is 5.91 Å². The molecule has 1 fully saturated rings. The molecule has 1 aliphatic heterocycles. The zero-order valence-electron chi connectivity index (χ0n) is 13.5. The molecule has 6 nitrogen and oxygen atoms in total. The van der Waals surface area contributed by atoms with Gasteiger partial charge in [0, 0.05) is 5.56 Å². The maximum absolute atomic E-state index is 12.0. The van der Waals surface area contributed by atoms with Crippen LogP contribution in [0.1, 0.15) is 15.9 Å². The van der Waals surface area contributed by atoms with Crippen LogP contribution in [0.3, 0.4) is 0 Å². The molecule has 1 amide bonds. The van der Waals surface area contributed by atoms with Crippen LogP contribution in [0.4, 0.5) is 0 Å². The van der Waals surface area contributed by atoms with Crippen LogP contribution in [0.15, 0.2) is 64.5 Å². The molecular weight excluding hydrogens is 350 g/mol. The van der Waals surface area contributed by atoms with E-state index in [0.29, 0.717) is 16.2 Å². The molecule has 7 heteroatoms. The molecule has 1 N–H and O–H groups in total. The number of carbonyl (C=O) groups is 2. The Labute approximate surface area is 154 Å². The number of nitrogens with one attached hydrogen (secondary N) is 1. The van der Waals surface area contributed by atoms with Crippen LogP contribution in [0, 0.1) is 11.5 Å². The van der Waals surface area contributed by atoms with E-state index in [1.54, 1.807) is 60.8 Å². The highest BCUT2D eigenvalue weighted by Gasteiger charge is 2.23. The van der Waals surface area contributed by atoms with Gasteiger partial charge in [0.15, 0.2) is 17.6 Å². The zero-order valence-corrected chi connectivity index (χ0v) is 14.3. The quantitative estimate of drug-likeness (QED) is 0.501. The zero-order chi connectivity index (χ0) is 18.4. The van der Waals surface area contributed by atoms with Crippen molar-refractivity contribution in [3.05, 3.63) is 70.6 Å². The highest BCUT2D eigenvalue weighted by Crippen LogP contribution is 2.26. The van der Waals surface area contributed by atoms with Crippen LogP contribution in [-0.4, -0.2) is 23.5 Å². The van der Waals surface area contributed by atoms with Crippen molar-refractivity contribution in [1.82, 2.24) is 5.32 Å². The van der Waals surface area contributed by atoms with Crippen molar-refractivity contribution in [3.8, 4) is 11.9 Å². The molecule has 0 spiro atoms. The Hall–Kier alpha value is -3.37. The summed E-state index contributed by atoms with van der Waals surface area (Å²) in [7, 11) is 0. The van der Waals surface area contributed by atoms with E-state index in [0.717, 1.165) is 17.3 Å². The summed E-state index contributed by atoms with van der Waals surface area (Å²) >= 11 is 1.11. The second kappa shape index (κ2) is 8.14. The third-order valence-electron chi connectivity index (χ3n) is 3.45. The van der Waals surface area contributed by atoms with Gasteiger partial charge >= 0.3 is 0 Å². The summed E-state index contributed by atoms with van der Waals surface area (Å²) in [4.78, 5) is 27.8. The third kappa shape index (κ3) is 4.37. The largest absolute Gasteiger partial charge is 0.485 e. The molecule has 0 aliphatic carbocycles. The van der Waals surface area contributed by atoms with E-state index in [4.69, 9.17) is 10.00 Å². The molecule has 0 aromatic heterocycles. The van der Waals surface area contributed by atoms with Crippen molar-refractivity contribution in [2.24, 2.45) is 4.99 Å². The van der Waals surface area contributed by atoms with Gasteiger partial charge in [-0.25, -0.2) is 0 Å². The van der Waals surface area contributed by atoms with Gasteiger partial charge in [-0.2, -0.15) is 5.26 Å². The molecule has 2 aromatic carbocycles. The number of thioether (sulfide) groups is 1.